The fraction of sp³-hybridized carbons (Fsp3) is 0.368. The van der Waals surface area contributed by atoms with Gasteiger partial charge in [0.05, 0.1) is 23.0 Å². The van der Waals surface area contributed by atoms with E-state index in [9.17, 15) is 0 Å². The van der Waals surface area contributed by atoms with Crippen LogP contribution >= 0.6 is 0 Å². The molecule has 124 valence electrons. The van der Waals surface area contributed by atoms with Crippen molar-refractivity contribution in [1.82, 2.24) is 14.5 Å². The van der Waals surface area contributed by atoms with Gasteiger partial charge in [0.25, 0.3) is 0 Å². The van der Waals surface area contributed by atoms with Crippen LogP contribution in [0.1, 0.15) is 24.1 Å². The lowest BCUT2D eigenvalue weighted by Crippen LogP contribution is -2.27. The summed E-state index contributed by atoms with van der Waals surface area (Å²) in [4.78, 5) is 8.92. The third-order valence-corrected chi connectivity index (χ3v) is 4.78. The fourth-order valence-corrected chi connectivity index (χ4v) is 3.21. The average molecular weight is 322 g/mol. The summed E-state index contributed by atoms with van der Waals surface area (Å²) in [5, 5.41) is 4.61. The van der Waals surface area contributed by atoms with Gasteiger partial charge in [-0.15, -0.1) is 0 Å². The summed E-state index contributed by atoms with van der Waals surface area (Å²) in [6.45, 7) is 5.99. The highest BCUT2D eigenvalue weighted by Crippen LogP contribution is 2.28. The third-order valence-electron chi connectivity index (χ3n) is 4.78. The molecular formula is C19H22N4O. The molecule has 1 atom stereocenters. The minimum absolute atomic E-state index is 0.433. The van der Waals surface area contributed by atoms with Crippen LogP contribution in [0.3, 0.4) is 0 Å². The van der Waals surface area contributed by atoms with Gasteiger partial charge in [-0.25, -0.2) is 4.98 Å². The first-order valence-electron chi connectivity index (χ1n) is 8.47. The van der Waals surface area contributed by atoms with E-state index in [1.54, 1.807) is 0 Å². The minimum atomic E-state index is 0.433. The zero-order chi connectivity index (χ0) is 16.5. The summed E-state index contributed by atoms with van der Waals surface area (Å²) in [5.74, 6) is 0.880. The predicted octanol–water partition coefficient (Wildman–Crippen LogP) is 3.97. The van der Waals surface area contributed by atoms with Gasteiger partial charge in [0.15, 0.2) is 0 Å². The third kappa shape index (κ3) is 2.76. The lowest BCUT2D eigenvalue weighted by atomic mass is 10.1. The first-order valence-corrected chi connectivity index (χ1v) is 8.47. The maximum Gasteiger partial charge on any atom is 0.139 e. The molecule has 3 aromatic rings. The number of aryl methyl sites for hydroxylation is 3. The molecule has 0 saturated carbocycles. The normalized spacial score (nSPS) is 17.0. The highest BCUT2D eigenvalue weighted by molar-refractivity contribution is 5.92. The molecule has 0 amide bonds. The number of pyridine rings is 2. The Labute approximate surface area is 141 Å². The fourth-order valence-electron chi connectivity index (χ4n) is 3.21. The molecule has 0 aliphatic carbocycles. The van der Waals surface area contributed by atoms with Crippen LogP contribution in [-0.2, 0) is 11.3 Å². The second-order valence-electron chi connectivity index (χ2n) is 6.38. The van der Waals surface area contributed by atoms with Crippen LogP contribution in [0.25, 0.3) is 10.9 Å². The number of nitrogens with one attached hydrogen (secondary N) is 1. The molecule has 1 aliphatic rings. The SMILES string of the molecule is Cc1ccnc(C)c1Nc1nccc2c1ccn2CCC1CCO1. The largest absolute Gasteiger partial charge is 0.378 e. The van der Waals surface area contributed by atoms with Gasteiger partial charge >= 0.3 is 0 Å². The number of ether oxygens (including phenoxy) is 1. The van der Waals surface area contributed by atoms with Crippen LogP contribution in [0.5, 0.6) is 0 Å². The number of rotatable bonds is 5. The lowest BCUT2D eigenvalue weighted by molar-refractivity contribution is -0.0562. The molecule has 5 heteroatoms. The molecule has 1 fully saturated rings. The maximum absolute atomic E-state index is 5.53. The number of hydrogen-bond acceptors (Lipinski definition) is 4. The number of fused-ring (bicyclic) bond motifs is 1. The molecule has 4 heterocycles. The van der Waals surface area contributed by atoms with E-state index in [-0.39, 0.29) is 0 Å². The highest BCUT2D eigenvalue weighted by atomic mass is 16.5. The number of hydrogen-bond donors (Lipinski definition) is 1. The van der Waals surface area contributed by atoms with Crippen molar-refractivity contribution in [1.29, 1.82) is 0 Å². The highest BCUT2D eigenvalue weighted by Gasteiger charge is 2.18. The van der Waals surface area contributed by atoms with E-state index in [1.807, 2.05) is 25.4 Å². The molecular weight excluding hydrogens is 300 g/mol. The molecule has 24 heavy (non-hydrogen) atoms. The number of anilines is 2. The Morgan fingerprint density at radius 3 is 2.79 bits per heavy atom. The maximum atomic E-state index is 5.53. The van der Waals surface area contributed by atoms with Crippen molar-refractivity contribution in [2.45, 2.75) is 39.3 Å². The standard InChI is InChI=1S/C19H22N4O/c1-13-3-8-20-14(2)18(13)22-19-16-6-11-23(17(16)4-9-21-19)10-5-15-7-12-24-15/h3-4,6,8-9,11,15H,5,7,10,12H2,1-2H3,(H,21,22). The Balaban J connectivity index is 1.63. The molecule has 0 bridgehead atoms. The van der Waals surface area contributed by atoms with E-state index in [4.69, 9.17) is 4.74 Å². The Morgan fingerprint density at radius 2 is 2.04 bits per heavy atom. The van der Waals surface area contributed by atoms with E-state index in [0.29, 0.717) is 6.10 Å². The topological polar surface area (TPSA) is 52.0 Å². The van der Waals surface area contributed by atoms with Crippen molar-refractivity contribution < 1.29 is 4.74 Å². The van der Waals surface area contributed by atoms with Crippen LogP contribution in [0.15, 0.2) is 36.8 Å². The van der Waals surface area contributed by atoms with Crippen molar-refractivity contribution in [3.63, 3.8) is 0 Å². The van der Waals surface area contributed by atoms with Crippen molar-refractivity contribution >= 4 is 22.4 Å². The Morgan fingerprint density at radius 1 is 1.21 bits per heavy atom. The van der Waals surface area contributed by atoms with Gasteiger partial charge in [-0.2, -0.15) is 0 Å². The number of aromatic nitrogens is 3. The van der Waals surface area contributed by atoms with Crippen LogP contribution in [0, 0.1) is 13.8 Å². The van der Waals surface area contributed by atoms with E-state index >= 15 is 0 Å². The summed E-state index contributed by atoms with van der Waals surface area (Å²) in [6.07, 6.45) is 8.52. The first-order chi connectivity index (χ1) is 11.7. The quantitative estimate of drug-likeness (QED) is 0.772. The molecule has 1 unspecified atom stereocenters. The van der Waals surface area contributed by atoms with Crippen molar-refractivity contribution in [3.8, 4) is 0 Å². The molecule has 0 radical (unpaired) electrons. The molecule has 0 aromatic carbocycles. The summed E-state index contributed by atoms with van der Waals surface area (Å²) >= 11 is 0. The van der Waals surface area contributed by atoms with E-state index < -0.39 is 0 Å². The predicted molar refractivity (Wildman–Crippen MR) is 95.7 cm³/mol. The van der Waals surface area contributed by atoms with Crippen LogP contribution in [-0.4, -0.2) is 27.2 Å². The van der Waals surface area contributed by atoms with E-state index in [2.05, 4.69) is 45.1 Å². The van der Waals surface area contributed by atoms with Gasteiger partial charge < -0.3 is 14.6 Å². The Bertz CT molecular complexity index is 847. The van der Waals surface area contributed by atoms with Crippen molar-refractivity contribution in [2.75, 3.05) is 11.9 Å². The zero-order valence-corrected chi connectivity index (χ0v) is 14.1. The van der Waals surface area contributed by atoms with E-state index in [1.165, 1.54) is 17.5 Å². The smallest absolute Gasteiger partial charge is 0.139 e. The van der Waals surface area contributed by atoms with Crippen LogP contribution in [0.2, 0.25) is 0 Å². The molecule has 4 rings (SSSR count). The summed E-state index contributed by atoms with van der Waals surface area (Å²) in [5.41, 5.74) is 4.39. The lowest BCUT2D eigenvalue weighted by Gasteiger charge is -2.26. The first kappa shape index (κ1) is 15.1. The second-order valence-corrected chi connectivity index (χ2v) is 6.38. The minimum Gasteiger partial charge on any atom is -0.378 e. The molecule has 1 aliphatic heterocycles. The van der Waals surface area contributed by atoms with Gasteiger partial charge in [-0.05, 0) is 50.5 Å². The van der Waals surface area contributed by atoms with Crippen LogP contribution in [0.4, 0.5) is 11.5 Å². The van der Waals surface area contributed by atoms with Gasteiger partial charge in [0.2, 0.25) is 0 Å². The zero-order valence-electron chi connectivity index (χ0n) is 14.1. The Kier molecular flexibility index (Phi) is 3.94. The van der Waals surface area contributed by atoms with Gasteiger partial charge in [0, 0.05) is 37.1 Å². The van der Waals surface area contributed by atoms with E-state index in [0.717, 1.165) is 42.2 Å². The van der Waals surface area contributed by atoms with Gasteiger partial charge in [0.1, 0.15) is 5.82 Å². The number of nitrogens with zero attached hydrogens (tertiary/aromatic N) is 3. The molecule has 3 aromatic heterocycles. The van der Waals surface area contributed by atoms with Gasteiger partial charge in [-0.1, -0.05) is 0 Å². The molecule has 1 N–H and O–H groups in total. The molecule has 5 nitrogen and oxygen atoms in total. The summed E-state index contributed by atoms with van der Waals surface area (Å²) in [6, 6.07) is 6.22. The molecule has 1 saturated heterocycles. The Hall–Kier alpha value is -2.40. The van der Waals surface area contributed by atoms with Crippen LogP contribution < -0.4 is 5.32 Å². The summed E-state index contributed by atoms with van der Waals surface area (Å²) in [7, 11) is 0. The van der Waals surface area contributed by atoms with Crippen molar-refractivity contribution in [2.24, 2.45) is 0 Å². The molecule has 0 spiro atoms. The van der Waals surface area contributed by atoms with Crippen molar-refractivity contribution in [3.05, 3.63) is 48.0 Å². The summed E-state index contributed by atoms with van der Waals surface area (Å²) < 4.78 is 7.81. The van der Waals surface area contributed by atoms with Gasteiger partial charge in [-0.3, -0.25) is 4.98 Å². The second kappa shape index (κ2) is 6.24. The monoisotopic (exact) mass is 322 g/mol. The average Bonchev–Trinajstić information content (AvgIpc) is 2.94.